The number of nitrogens with zero attached hydrogens (tertiary/aromatic N) is 2. The topological polar surface area (TPSA) is 84.0 Å². The second-order valence-electron chi connectivity index (χ2n) is 4.72. The third-order valence-electron chi connectivity index (χ3n) is 3.11. The molecule has 0 radical (unpaired) electrons. The first-order chi connectivity index (χ1) is 10.4. The van der Waals surface area contributed by atoms with Crippen LogP contribution in [-0.2, 0) is 11.4 Å². The summed E-state index contributed by atoms with van der Waals surface area (Å²) in [4.78, 5) is 16.4. The summed E-state index contributed by atoms with van der Waals surface area (Å²) in [7, 11) is 0. The van der Waals surface area contributed by atoms with E-state index < -0.39 is 17.3 Å². The first-order valence-corrected chi connectivity index (χ1v) is 6.47. The van der Waals surface area contributed by atoms with Crippen molar-refractivity contribution in [3.63, 3.8) is 0 Å². The molecule has 116 valence electrons. The van der Waals surface area contributed by atoms with Gasteiger partial charge in [-0.2, -0.15) is 0 Å². The van der Waals surface area contributed by atoms with Crippen LogP contribution in [0.4, 0.5) is 4.39 Å². The monoisotopic (exact) mass is 306 g/mol. The van der Waals surface area contributed by atoms with E-state index in [1.807, 2.05) is 0 Å². The number of aromatic hydroxyl groups is 1. The van der Waals surface area contributed by atoms with Gasteiger partial charge < -0.3 is 15.2 Å². The van der Waals surface area contributed by atoms with Crippen LogP contribution in [0.5, 0.6) is 5.88 Å². The van der Waals surface area contributed by atoms with Gasteiger partial charge in [0.15, 0.2) is 0 Å². The van der Waals surface area contributed by atoms with Gasteiger partial charge in [-0.05, 0) is 25.5 Å². The van der Waals surface area contributed by atoms with Crippen molar-refractivity contribution >= 4 is 5.71 Å². The summed E-state index contributed by atoms with van der Waals surface area (Å²) >= 11 is 0. The second-order valence-corrected chi connectivity index (χ2v) is 4.72. The average Bonchev–Trinajstić information content (AvgIpc) is 2.47. The van der Waals surface area contributed by atoms with Crippen LogP contribution in [0.3, 0.4) is 0 Å². The molecule has 1 heterocycles. The number of pyridine rings is 1. The summed E-state index contributed by atoms with van der Waals surface area (Å²) in [6.07, 6.45) is 0. The predicted octanol–water partition coefficient (Wildman–Crippen LogP) is 2.18. The molecule has 0 fully saturated rings. The molecular formula is C15H15FN2O4. The third kappa shape index (κ3) is 3.08. The Morgan fingerprint density at radius 3 is 2.77 bits per heavy atom. The minimum Gasteiger partial charge on any atom is -0.492 e. The van der Waals surface area contributed by atoms with Crippen LogP contribution >= 0.6 is 0 Å². The molecule has 22 heavy (non-hydrogen) atoms. The summed E-state index contributed by atoms with van der Waals surface area (Å²) in [5.41, 5.74) is 0.444. The molecule has 0 atom stereocenters. The fourth-order valence-corrected chi connectivity index (χ4v) is 2.01. The Balaban J connectivity index is 2.22. The fourth-order valence-electron chi connectivity index (χ4n) is 2.01. The first-order valence-electron chi connectivity index (χ1n) is 6.47. The molecule has 0 bridgehead atoms. The number of hydrogen-bond donors (Lipinski definition) is 2. The first kappa shape index (κ1) is 15.6. The molecule has 2 aromatic rings. The number of benzene rings is 1. The summed E-state index contributed by atoms with van der Waals surface area (Å²) < 4.78 is 13.5. The lowest BCUT2D eigenvalue weighted by atomic mass is 10.1. The smallest absolute Gasteiger partial charge is 0.286 e. The number of oxime groups is 1. The molecule has 1 aromatic carbocycles. The van der Waals surface area contributed by atoms with E-state index in [9.17, 15) is 19.5 Å². The molecule has 0 amide bonds. The van der Waals surface area contributed by atoms with Gasteiger partial charge in [-0.15, -0.1) is 4.73 Å². The van der Waals surface area contributed by atoms with Crippen molar-refractivity contribution in [2.75, 3.05) is 0 Å². The van der Waals surface area contributed by atoms with Gasteiger partial charge in [-0.25, -0.2) is 4.39 Å². The summed E-state index contributed by atoms with van der Waals surface area (Å²) in [5, 5.41) is 23.0. The highest BCUT2D eigenvalue weighted by Gasteiger charge is 2.15. The zero-order valence-corrected chi connectivity index (χ0v) is 12.1. The van der Waals surface area contributed by atoms with E-state index in [1.165, 1.54) is 13.0 Å². The predicted molar refractivity (Wildman–Crippen MR) is 77.7 cm³/mol. The van der Waals surface area contributed by atoms with E-state index >= 15 is 0 Å². The van der Waals surface area contributed by atoms with E-state index in [1.54, 1.807) is 25.1 Å². The van der Waals surface area contributed by atoms with Gasteiger partial charge in [0.2, 0.25) is 5.88 Å². The van der Waals surface area contributed by atoms with E-state index in [0.717, 1.165) is 6.07 Å². The number of hydrogen-bond acceptors (Lipinski definition) is 5. The summed E-state index contributed by atoms with van der Waals surface area (Å²) in [6.45, 7) is 3.04. The molecule has 0 aliphatic carbocycles. The maximum absolute atomic E-state index is 13.4. The molecule has 0 saturated carbocycles. The van der Waals surface area contributed by atoms with Crippen LogP contribution in [0.25, 0.3) is 0 Å². The maximum atomic E-state index is 13.4. The van der Waals surface area contributed by atoms with Gasteiger partial charge in [0, 0.05) is 11.6 Å². The molecule has 6 nitrogen and oxygen atoms in total. The molecular weight excluding hydrogens is 291 g/mol. The Labute approximate surface area is 125 Å². The normalized spacial score (nSPS) is 11.5. The largest absolute Gasteiger partial charge is 0.492 e. The van der Waals surface area contributed by atoms with Gasteiger partial charge in [-0.1, -0.05) is 23.4 Å². The highest BCUT2D eigenvalue weighted by molar-refractivity contribution is 6.01. The van der Waals surface area contributed by atoms with Crippen molar-refractivity contribution in [1.29, 1.82) is 0 Å². The third-order valence-corrected chi connectivity index (χ3v) is 3.11. The van der Waals surface area contributed by atoms with Gasteiger partial charge in [0.1, 0.15) is 12.4 Å². The summed E-state index contributed by atoms with van der Waals surface area (Å²) in [6, 6.07) is 7.28. The second kappa shape index (κ2) is 6.30. The van der Waals surface area contributed by atoms with Crippen molar-refractivity contribution in [2.45, 2.75) is 20.5 Å². The van der Waals surface area contributed by atoms with Crippen LogP contribution in [0, 0.1) is 12.7 Å². The van der Waals surface area contributed by atoms with Crippen molar-refractivity contribution in [1.82, 2.24) is 4.73 Å². The zero-order valence-electron chi connectivity index (χ0n) is 12.1. The molecule has 2 rings (SSSR count). The van der Waals surface area contributed by atoms with Crippen molar-refractivity contribution in [2.24, 2.45) is 5.16 Å². The van der Waals surface area contributed by atoms with E-state index in [4.69, 9.17) is 4.84 Å². The van der Waals surface area contributed by atoms with Crippen molar-refractivity contribution in [3.05, 3.63) is 63.2 Å². The Hall–Kier alpha value is -2.83. The van der Waals surface area contributed by atoms with Gasteiger partial charge >= 0.3 is 0 Å². The van der Waals surface area contributed by atoms with Gasteiger partial charge in [-0.3, -0.25) is 4.79 Å². The van der Waals surface area contributed by atoms with Crippen molar-refractivity contribution in [3.8, 4) is 5.88 Å². The Bertz CT molecular complexity index is 784. The molecule has 0 aliphatic rings. The Morgan fingerprint density at radius 1 is 1.41 bits per heavy atom. The molecule has 0 spiro atoms. The fraction of sp³-hybridized carbons (Fsp3) is 0.200. The van der Waals surface area contributed by atoms with Crippen LogP contribution in [-0.4, -0.2) is 20.8 Å². The Morgan fingerprint density at radius 2 is 2.09 bits per heavy atom. The summed E-state index contributed by atoms with van der Waals surface area (Å²) in [5.74, 6) is -1.03. The number of halogens is 1. The Kier molecular flexibility index (Phi) is 4.45. The lowest BCUT2D eigenvalue weighted by Gasteiger charge is -2.10. The maximum Gasteiger partial charge on any atom is 0.286 e. The van der Waals surface area contributed by atoms with Crippen LogP contribution in [0.15, 0.2) is 40.3 Å². The van der Waals surface area contributed by atoms with Crippen LogP contribution in [0.2, 0.25) is 0 Å². The number of rotatable bonds is 4. The van der Waals surface area contributed by atoms with Gasteiger partial charge in [0.25, 0.3) is 5.56 Å². The minimum atomic E-state index is -0.751. The van der Waals surface area contributed by atoms with E-state index in [0.29, 0.717) is 11.1 Å². The molecule has 0 aliphatic heterocycles. The van der Waals surface area contributed by atoms with E-state index in [-0.39, 0.29) is 22.6 Å². The standard InChI is InChI=1S/C15H15FN2O4/c1-9-7-13(19)18(21)15(20)14(9)10(2)17-22-8-11-5-3-4-6-12(11)16/h3-7,20-21H,8H2,1-2H3/b17-10-. The molecule has 0 unspecified atom stereocenters. The zero-order chi connectivity index (χ0) is 16.3. The molecule has 2 N–H and O–H groups in total. The average molecular weight is 306 g/mol. The van der Waals surface area contributed by atoms with Gasteiger partial charge in [0.05, 0.1) is 11.3 Å². The molecule has 1 aromatic heterocycles. The van der Waals surface area contributed by atoms with Crippen molar-refractivity contribution < 1.29 is 19.5 Å². The SMILES string of the molecule is C/C(=N/OCc1ccccc1F)c1c(C)cc(=O)n(O)c1O. The molecule has 0 saturated heterocycles. The number of aromatic nitrogens is 1. The number of aryl methyl sites for hydroxylation is 1. The molecule has 7 heteroatoms. The lowest BCUT2D eigenvalue weighted by molar-refractivity contribution is 0.127. The van der Waals surface area contributed by atoms with Crippen LogP contribution in [0.1, 0.15) is 23.6 Å². The van der Waals surface area contributed by atoms with E-state index in [2.05, 4.69) is 5.16 Å². The minimum absolute atomic E-state index is 0.0808. The lowest BCUT2D eigenvalue weighted by Crippen LogP contribution is -2.20. The quantitative estimate of drug-likeness (QED) is 0.515. The van der Waals surface area contributed by atoms with Crippen LogP contribution < -0.4 is 5.56 Å². The highest BCUT2D eigenvalue weighted by Crippen LogP contribution is 2.19. The highest BCUT2D eigenvalue weighted by atomic mass is 19.1.